The molecule has 88 valence electrons. The lowest BCUT2D eigenvalue weighted by molar-refractivity contribution is -0.284. The van der Waals surface area contributed by atoms with Gasteiger partial charge in [0.15, 0.2) is 0 Å². The Kier molecular flexibility index (Phi) is 4.57. The summed E-state index contributed by atoms with van der Waals surface area (Å²) in [6.07, 6.45) is -8.13. The monoisotopic (exact) mass is 250 g/mol. The maximum Gasteiger partial charge on any atom is 0.453 e. The van der Waals surface area contributed by atoms with E-state index in [1.807, 2.05) is 0 Å². The van der Waals surface area contributed by atoms with E-state index in [1.165, 1.54) is 0 Å². The van der Waals surface area contributed by atoms with Crippen LogP contribution in [-0.2, 0) is 4.79 Å². The predicted octanol–water partition coefficient (Wildman–Crippen LogP) is 2.81. The molecule has 0 spiro atoms. The third-order valence-corrected chi connectivity index (χ3v) is 1.93. The van der Waals surface area contributed by atoms with Crippen molar-refractivity contribution in [2.24, 2.45) is 0 Å². The van der Waals surface area contributed by atoms with Gasteiger partial charge in [0.2, 0.25) is 0 Å². The number of alkyl halides is 5. The van der Waals surface area contributed by atoms with Crippen LogP contribution in [0.15, 0.2) is 0 Å². The van der Waals surface area contributed by atoms with Crippen LogP contribution in [0.2, 0.25) is 0 Å². The third-order valence-electron chi connectivity index (χ3n) is 1.55. The summed E-state index contributed by atoms with van der Waals surface area (Å²) in [4.78, 5) is 9.55. The van der Waals surface area contributed by atoms with Gasteiger partial charge >= 0.3 is 18.1 Å². The highest BCUT2D eigenvalue weighted by molar-refractivity contribution is 7.82. The molecule has 0 saturated carbocycles. The number of hydrogen-bond donors (Lipinski definition) is 1. The Balaban J connectivity index is 4.07. The molecule has 0 aromatic carbocycles. The number of carboxylic acids is 1. The number of aliphatic carboxylic acids is 1. The summed E-state index contributed by atoms with van der Waals surface area (Å²) in [6, 6.07) is 0. The van der Waals surface area contributed by atoms with Gasteiger partial charge in [0.1, 0.15) is 0 Å². The van der Waals surface area contributed by atoms with Crippen molar-refractivity contribution in [3.05, 3.63) is 0 Å². The lowest BCUT2D eigenvalue weighted by atomic mass is 10.1. The van der Waals surface area contributed by atoms with Crippen LogP contribution < -0.4 is 0 Å². The number of rotatable bonds is 5. The molecule has 0 aromatic heterocycles. The number of thiocarbonyl (C=S) groups is 1. The first-order chi connectivity index (χ1) is 6.58. The Labute approximate surface area is 87.1 Å². The molecule has 0 rings (SSSR count). The highest BCUT2D eigenvalue weighted by Gasteiger charge is 2.56. The molecule has 0 fully saturated rings. The van der Waals surface area contributed by atoms with Gasteiger partial charge in [-0.15, -0.1) is 0 Å². The van der Waals surface area contributed by atoms with Gasteiger partial charge in [-0.3, -0.25) is 0 Å². The summed E-state index contributed by atoms with van der Waals surface area (Å²) in [5, 5.41) is 8.22. The molecule has 0 bridgehead atoms. The van der Waals surface area contributed by atoms with Gasteiger partial charge in [0, 0.05) is 6.42 Å². The van der Waals surface area contributed by atoms with Crippen LogP contribution in [0, 0.1) is 0 Å². The van der Waals surface area contributed by atoms with Crippen LogP contribution in [0.4, 0.5) is 22.0 Å². The minimum atomic E-state index is -5.60. The van der Waals surface area contributed by atoms with Crippen LogP contribution in [0.25, 0.3) is 0 Å². The number of hydrogen-bond acceptors (Lipinski definition) is 2. The van der Waals surface area contributed by atoms with Crippen molar-refractivity contribution < 1.29 is 31.9 Å². The number of carbonyl (C=O) groups is 1. The SMILES string of the molecule is O=C(O)C(=S)CCCC(F)(F)C(F)(F)F. The van der Waals surface area contributed by atoms with E-state index in [-0.39, 0.29) is 0 Å². The fourth-order valence-electron chi connectivity index (χ4n) is 0.720. The van der Waals surface area contributed by atoms with Crippen LogP contribution in [0.3, 0.4) is 0 Å². The highest BCUT2D eigenvalue weighted by atomic mass is 32.1. The van der Waals surface area contributed by atoms with Gasteiger partial charge in [-0.05, 0) is 12.8 Å². The highest BCUT2D eigenvalue weighted by Crippen LogP contribution is 2.39. The Bertz CT molecular complexity index is 261. The molecule has 0 saturated heterocycles. The van der Waals surface area contributed by atoms with Crippen LogP contribution in [-0.4, -0.2) is 28.0 Å². The van der Waals surface area contributed by atoms with Crippen molar-refractivity contribution in [3.8, 4) is 0 Å². The molecule has 0 amide bonds. The molecule has 0 heterocycles. The smallest absolute Gasteiger partial charge is 0.453 e. The van der Waals surface area contributed by atoms with Gasteiger partial charge in [-0.1, -0.05) is 12.2 Å². The Morgan fingerprint density at radius 2 is 1.67 bits per heavy atom. The van der Waals surface area contributed by atoms with Crippen molar-refractivity contribution in [2.75, 3.05) is 0 Å². The molecule has 0 aliphatic rings. The lowest BCUT2D eigenvalue weighted by Gasteiger charge is -2.18. The summed E-state index contributed by atoms with van der Waals surface area (Å²) in [6.45, 7) is 0. The van der Waals surface area contributed by atoms with E-state index < -0.39 is 42.2 Å². The molecule has 0 unspecified atom stereocenters. The molecule has 15 heavy (non-hydrogen) atoms. The van der Waals surface area contributed by atoms with Crippen LogP contribution in [0.5, 0.6) is 0 Å². The number of carboxylic acid groups (broad SMARTS) is 1. The fourth-order valence-corrected chi connectivity index (χ4v) is 0.864. The van der Waals surface area contributed by atoms with Gasteiger partial charge in [-0.2, -0.15) is 22.0 Å². The summed E-state index contributed by atoms with van der Waals surface area (Å²) in [5.74, 6) is -6.26. The van der Waals surface area contributed by atoms with Gasteiger partial charge < -0.3 is 5.11 Å². The minimum absolute atomic E-state index is 0.462. The van der Waals surface area contributed by atoms with E-state index in [9.17, 15) is 26.7 Å². The number of halogens is 5. The molecule has 0 aliphatic heterocycles. The van der Waals surface area contributed by atoms with Crippen molar-refractivity contribution >= 4 is 23.1 Å². The van der Waals surface area contributed by atoms with Gasteiger partial charge in [0.05, 0.1) is 4.86 Å². The molecular formula is C7H7F5O2S. The molecule has 1 N–H and O–H groups in total. The van der Waals surface area contributed by atoms with Crippen molar-refractivity contribution in [1.82, 2.24) is 0 Å². The second kappa shape index (κ2) is 4.82. The first kappa shape index (κ1) is 14.2. The summed E-state index contributed by atoms with van der Waals surface area (Å²) in [5.41, 5.74) is 0. The normalized spacial score (nSPS) is 12.6. The Morgan fingerprint density at radius 1 is 1.20 bits per heavy atom. The first-order valence-corrected chi connectivity index (χ1v) is 4.19. The average Bonchev–Trinajstić information content (AvgIpc) is 2.01. The van der Waals surface area contributed by atoms with Crippen LogP contribution in [0.1, 0.15) is 19.3 Å². The van der Waals surface area contributed by atoms with E-state index in [0.717, 1.165) is 0 Å². The van der Waals surface area contributed by atoms with Gasteiger partial charge in [0.25, 0.3) is 0 Å². The van der Waals surface area contributed by atoms with Crippen molar-refractivity contribution in [2.45, 2.75) is 31.4 Å². The van der Waals surface area contributed by atoms with E-state index in [1.54, 1.807) is 0 Å². The fraction of sp³-hybridized carbons (Fsp3) is 0.714. The Morgan fingerprint density at radius 3 is 2.00 bits per heavy atom. The first-order valence-electron chi connectivity index (χ1n) is 3.78. The molecule has 0 radical (unpaired) electrons. The predicted molar refractivity (Wildman–Crippen MR) is 45.1 cm³/mol. The maximum absolute atomic E-state index is 12.3. The Hall–Kier alpha value is -0.790. The molecule has 0 aliphatic carbocycles. The topological polar surface area (TPSA) is 37.3 Å². The summed E-state index contributed by atoms with van der Waals surface area (Å²) >= 11 is 4.23. The van der Waals surface area contributed by atoms with E-state index in [0.29, 0.717) is 0 Å². The van der Waals surface area contributed by atoms with E-state index in [2.05, 4.69) is 12.2 Å². The minimum Gasteiger partial charge on any atom is -0.477 e. The maximum atomic E-state index is 12.3. The standard InChI is InChI=1S/C7H7F5O2S/c8-6(9,7(10,11)12)3-1-2-4(15)5(13)14/h1-3H2,(H,13,14). The van der Waals surface area contributed by atoms with Crippen molar-refractivity contribution in [1.29, 1.82) is 0 Å². The quantitative estimate of drug-likeness (QED) is 0.602. The second-order valence-electron chi connectivity index (χ2n) is 2.78. The largest absolute Gasteiger partial charge is 0.477 e. The molecule has 0 aromatic rings. The molecule has 0 atom stereocenters. The van der Waals surface area contributed by atoms with Crippen molar-refractivity contribution in [3.63, 3.8) is 0 Å². The average molecular weight is 250 g/mol. The van der Waals surface area contributed by atoms with Crippen LogP contribution >= 0.6 is 12.2 Å². The second-order valence-corrected chi connectivity index (χ2v) is 3.28. The summed E-state index contributed by atoms with van der Waals surface area (Å²) in [7, 11) is 0. The zero-order valence-electron chi connectivity index (χ0n) is 7.27. The molecule has 2 nitrogen and oxygen atoms in total. The molecule has 8 heteroatoms. The summed E-state index contributed by atoms with van der Waals surface area (Å²) < 4.78 is 59.4. The lowest BCUT2D eigenvalue weighted by Crippen LogP contribution is -2.36. The molecular weight excluding hydrogens is 243 g/mol. The van der Waals surface area contributed by atoms with E-state index >= 15 is 0 Å². The van der Waals surface area contributed by atoms with Gasteiger partial charge in [-0.25, -0.2) is 4.79 Å². The third kappa shape index (κ3) is 4.50. The zero-order chi connectivity index (χ0) is 12.3. The van der Waals surface area contributed by atoms with E-state index in [4.69, 9.17) is 5.11 Å². The zero-order valence-corrected chi connectivity index (χ0v) is 8.09.